The fourth-order valence-corrected chi connectivity index (χ4v) is 2.99. The standard InChI is InChI=1S/C19H22N4/c1-3-5-11-21-18-12-14(8-4-2)15(13-20)19-22-16-9-6-7-10-17(16)23(18)19/h6-7,9-10,12,21H,3-5,8,11H2,1-2H3. The van der Waals surface area contributed by atoms with E-state index in [1.165, 1.54) is 0 Å². The molecule has 1 aromatic carbocycles. The first-order chi connectivity index (χ1) is 11.3. The molecule has 0 spiro atoms. The highest BCUT2D eigenvalue weighted by molar-refractivity contribution is 5.85. The molecule has 4 nitrogen and oxygen atoms in total. The van der Waals surface area contributed by atoms with Gasteiger partial charge in [-0.25, -0.2) is 4.98 Å². The van der Waals surface area contributed by atoms with Crippen molar-refractivity contribution in [3.05, 3.63) is 41.5 Å². The number of hydrogen-bond donors (Lipinski definition) is 1. The summed E-state index contributed by atoms with van der Waals surface area (Å²) >= 11 is 0. The highest BCUT2D eigenvalue weighted by Crippen LogP contribution is 2.27. The maximum absolute atomic E-state index is 9.65. The van der Waals surface area contributed by atoms with E-state index in [4.69, 9.17) is 4.98 Å². The number of nitriles is 1. The largest absolute Gasteiger partial charge is 0.371 e. The molecule has 0 aliphatic heterocycles. The number of hydrogen-bond acceptors (Lipinski definition) is 3. The highest BCUT2D eigenvalue weighted by Gasteiger charge is 2.16. The number of anilines is 1. The zero-order valence-electron chi connectivity index (χ0n) is 13.8. The van der Waals surface area contributed by atoms with Crippen molar-refractivity contribution < 1.29 is 0 Å². The van der Waals surface area contributed by atoms with Crippen LogP contribution in [0.5, 0.6) is 0 Å². The van der Waals surface area contributed by atoms with Crippen molar-refractivity contribution in [2.75, 3.05) is 11.9 Å². The smallest absolute Gasteiger partial charge is 0.157 e. The fourth-order valence-electron chi connectivity index (χ4n) is 2.99. The van der Waals surface area contributed by atoms with Crippen LogP contribution in [0.2, 0.25) is 0 Å². The van der Waals surface area contributed by atoms with Crippen LogP contribution in [0.1, 0.15) is 44.2 Å². The minimum absolute atomic E-state index is 0.698. The van der Waals surface area contributed by atoms with E-state index in [2.05, 4.69) is 41.8 Å². The Kier molecular flexibility index (Phi) is 4.47. The van der Waals surface area contributed by atoms with Gasteiger partial charge >= 0.3 is 0 Å². The topological polar surface area (TPSA) is 53.1 Å². The third kappa shape index (κ3) is 2.75. The van der Waals surface area contributed by atoms with Crippen molar-refractivity contribution in [1.82, 2.24) is 9.38 Å². The van der Waals surface area contributed by atoms with Crippen LogP contribution in [0.3, 0.4) is 0 Å². The summed E-state index contributed by atoms with van der Waals surface area (Å²) in [5.41, 5.74) is 4.51. The summed E-state index contributed by atoms with van der Waals surface area (Å²) in [7, 11) is 0. The number of benzene rings is 1. The summed E-state index contributed by atoms with van der Waals surface area (Å²) < 4.78 is 2.09. The molecule has 0 bridgehead atoms. The molecule has 23 heavy (non-hydrogen) atoms. The number of aryl methyl sites for hydroxylation is 1. The minimum Gasteiger partial charge on any atom is -0.371 e. The second-order valence-electron chi connectivity index (χ2n) is 5.83. The third-order valence-electron chi connectivity index (χ3n) is 4.12. The summed E-state index contributed by atoms with van der Waals surface area (Å²) in [6.07, 6.45) is 4.18. The van der Waals surface area contributed by atoms with Gasteiger partial charge in [0, 0.05) is 6.54 Å². The van der Waals surface area contributed by atoms with Gasteiger partial charge in [0.1, 0.15) is 11.9 Å². The summed E-state index contributed by atoms with van der Waals surface area (Å²) in [5, 5.41) is 13.2. The SMILES string of the molecule is CCCCNc1cc(CCC)c(C#N)c2nc3ccccc3n12. The van der Waals surface area contributed by atoms with Gasteiger partial charge in [0.2, 0.25) is 0 Å². The predicted octanol–water partition coefficient (Wildman–Crippen LogP) is 4.52. The van der Waals surface area contributed by atoms with E-state index in [0.717, 1.165) is 60.3 Å². The molecule has 1 N–H and O–H groups in total. The van der Waals surface area contributed by atoms with Crippen LogP contribution in [-0.2, 0) is 6.42 Å². The van der Waals surface area contributed by atoms with Crippen molar-refractivity contribution >= 4 is 22.5 Å². The zero-order chi connectivity index (χ0) is 16.2. The quantitative estimate of drug-likeness (QED) is 0.681. The number of unbranched alkanes of at least 4 members (excludes halogenated alkanes) is 1. The van der Waals surface area contributed by atoms with E-state index in [1.54, 1.807) is 0 Å². The first-order valence-electron chi connectivity index (χ1n) is 8.37. The number of rotatable bonds is 6. The lowest BCUT2D eigenvalue weighted by atomic mass is 10.1. The van der Waals surface area contributed by atoms with E-state index >= 15 is 0 Å². The van der Waals surface area contributed by atoms with E-state index in [1.807, 2.05) is 18.2 Å². The molecule has 0 aliphatic rings. The summed E-state index contributed by atoms with van der Waals surface area (Å²) in [6, 6.07) is 12.5. The molecule has 3 rings (SSSR count). The number of aromatic nitrogens is 2. The maximum atomic E-state index is 9.65. The molecule has 3 aromatic rings. The number of nitrogens with one attached hydrogen (secondary N) is 1. The number of para-hydroxylation sites is 2. The number of pyridine rings is 1. The Bertz CT molecular complexity index is 870. The van der Waals surface area contributed by atoms with Gasteiger partial charge < -0.3 is 5.32 Å². The van der Waals surface area contributed by atoms with Crippen LogP contribution in [0.4, 0.5) is 5.82 Å². The monoisotopic (exact) mass is 306 g/mol. The molecular formula is C19H22N4. The van der Waals surface area contributed by atoms with Gasteiger partial charge in [-0.05, 0) is 36.6 Å². The fraction of sp³-hybridized carbons (Fsp3) is 0.368. The van der Waals surface area contributed by atoms with Crippen molar-refractivity contribution in [3.8, 4) is 6.07 Å². The lowest BCUT2D eigenvalue weighted by molar-refractivity contribution is 0.828. The third-order valence-corrected chi connectivity index (χ3v) is 4.12. The van der Waals surface area contributed by atoms with Gasteiger partial charge in [0.05, 0.1) is 16.6 Å². The Morgan fingerprint density at radius 1 is 1.22 bits per heavy atom. The van der Waals surface area contributed by atoms with Gasteiger partial charge in [-0.3, -0.25) is 4.40 Å². The minimum atomic E-state index is 0.698. The van der Waals surface area contributed by atoms with Gasteiger partial charge in [-0.1, -0.05) is 38.8 Å². The number of fused-ring (bicyclic) bond motifs is 3. The van der Waals surface area contributed by atoms with Crippen LogP contribution in [-0.4, -0.2) is 15.9 Å². The Morgan fingerprint density at radius 3 is 2.78 bits per heavy atom. The second kappa shape index (κ2) is 6.70. The van der Waals surface area contributed by atoms with Crippen LogP contribution in [0.25, 0.3) is 16.7 Å². The molecule has 118 valence electrons. The van der Waals surface area contributed by atoms with Gasteiger partial charge in [0.25, 0.3) is 0 Å². The number of imidazole rings is 1. The van der Waals surface area contributed by atoms with Crippen LogP contribution < -0.4 is 5.32 Å². The Labute approximate surface area is 136 Å². The molecule has 0 amide bonds. The highest BCUT2D eigenvalue weighted by atomic mass is 15.1. The molecular weight excluding hydrogens is 284 g/mol. The van der Waals surface area contributed by atoms with Crippen molar-refractivity contribution in [2.24, 2.45) is 0 Å². The van der Waals surface area contributed by atoms with Crippen LogP contribution in [0, 0.1) is 11.3 Å². The first kappa shape index (κ1) is 15.4. The van der Waals surface area contributed by atoms with Gasteiger partial charge in [0.15, 0.2) is 5.65 Å². The van der Waals surface area contributed by atoms with E-state index < -0.39 is 0 Å². The van der Waals surface area contributed by atoms with E-state index in [0.29, 0.717) is 5.56 Å². The molecule has 0 atom stereocenters. The lowest BCUT2D eigenvalue weighted by Gasteiger charge is -2.13. The molecule has 0 aliphatic carbocycles. The van der Waals surface area contributed by atoms with E-state index in [9.17, 15) is 5.26 Å². The van der Waals surface area contributed by atoms with Crippen molar-refractivity contribution in [2.45, 2.75) is 39.5 Å². The normalized spacial score (nSPS) is 11.0. The molecule has 0 saturated carbocycles. The molecule has 2 aromatic heterocycles. The number of nitrogens with zero attached hydrogens (tertiary/aromatic N) is 3. The van der Waals surface area contributed by atoms with Gasteiger partial charge in [-0.2, -0.15) is 5.26 Å². The predicted molar refractivity (Wildman–Crippen MR) is 94.8 cm³/mol. The molecule has 0 unspecified atom stereocenters. The maximum Gasteiger partial charge on any atom is 0.157 e. The Morgan fingerprint density at radius 2 is 2.04 bits per heavy atom. The molecule has 2 heterocycles. The Hall–Kier alpha value is -2.54. The van der Waals surface area contributed by atoms with Crippen molar-refractivity contribution in [3.63, 3.8) is 0 Å². The summed E-state index contributed by atoms with van der Waals surface area (Å²) in [4.78, 5) is 4.72. The first-order valence-corrected chi connectivity index (χ1v) is 8.37. The molecule has 0 fully saturated rings. The molecule has 4 heteroatoms. The van der Waals surface area contributed by atoms with Crippen LogP contribution in [0.15, 0.2) is 30.3 Å². The van der Waals surface area contributed by atoms with E-state index in [-0.39, 0.29) is 0 Å². The van der Waals surface area contributed by atoms with Crippen molar-refractivity contribution in [1.29, 1.82) is 5.26 Å². The average molecular weight is 306 g/mol. The molecule has 0 radical (unpaired) electrons. The van der Waals surface area contributed by atoms with Crippen LogP contribution >= 0.6 is 0 Å². The average Bonchev–Trinajstić information content (AvgIpc) is 2.95. The lowest BCUT2D eigenvalue weighted by Crippen LogP contribution is -2.08. The molecule has 0 saturated heterocycles. The van der Waals surface area contributed by atoms with Gasteiger partial charge in [-0.15, -0.1) is 0 Å². The second-order valence-corrected chi connectivity index (χ2v) is 5.83. The summed E-state index contributed by atoms with van der Waals surface area (Å²) in [6.45, 7) is 5.25. The summed E-state index contributed by atoms with van der Waals surface area (Å²) in [5.74, 6) is 1.03. The Balaban J connectivity index is 2.27. The zero-order valence-corrected chi connectivity index (χ0v) is 13.8.